The van der Waals surface area contributed by atoms with E-state index in [1.165, 1.54) is 50.3 Å². The van der Waals surface area contributed by atoms with E-state index in [1.807, 2.05) is 23.6 Å². The highest BCUT2D eigenvalue weighted by Gasteiger charge is 2.23. The number of aryl methyl sites for hydroxylation is 1. The third-order valence-electron chi connectivity index (χ3n) is 7.87. The molecule has 0 bridgehead atoms. The summed E-state index contributed by atoms with van der Waals surface area (Å²) >= 11 is 0. The van der Waals surface area contributed by atoms with Crippen molar-refractivity contribution < 1.29 is 14.4 Å². The predicted octanol–water partition coefficient (Wildman–Crippen LogP) is 2.31. The Morgan fingerprint density at radius 1 is 1.00 bits per heavy atom. The van der Waals surface area contributed by atoms with E-state index >= 15 is 0 Å². The molecule has 4 aromatic rings. The number of likely N-dealkylation sites (tertiary alicyclic amines) is 1. The van der Waals surface area contributed by atoms with Crippen molar-refractivity contribution in [3.63, 3.8) is 0 Å². The molecule has 13 heteroatoms. The Morgan fingerprint density at radius 3 is 2.40 bits per heavy atom. The van der Waals surface area contributed by atoms with Crippen LogP contribution in [0.5, 0.6) is 0 Å². The molecule has 1 aromatic carbocycles. The Hall–Kier alpha value is -4.20. The summed E-state index contributed by atoms with van der Waals surface area (Å²) in [5, 5.41) is 0. The lowest BCUT2D eigenvalue weighted by Crippen LogP contribution is -2.37. The number of carbonyl (C=O) groups excluding carboxylic acids is 1. The SMILES string of the molecule is CN(Cc1nc2c(N3CCOCC3)nc(-c3ccc(CN4CCCCC4)cc3)nc2n1C)c1ncc(C(=O)ON)cn1. The third kappa shape index (κ3) is 5.89. The van der Waals surface area contributed by atoms with Crippen molar-refractivity contribution in [1.82, 2.24) is 34.4 Å². The Kier molecular flexibility index (Phi) is 8.22. The first-order valence-corrected chi connectivity index (χ1v) is 14.3. The molecule has 3 aromatic heterocycles. The van der Waals surface area contributed by atoms with Crippen LogP contribution in [0, 0.1) is 0 Å². The quantitative estimate of drug-likeness (QED) is 0.310. The van der Waals surface area contributed by atoms with Crippen LogP contribution in [0.1, 0.15) is 41.0 Å². The summed E-state index contributed by atoms with van der Waals surface area (Å²) in [4.78, 5) is 46.1. The Balaban J connectivity index is 1.30. The minimum atomic E-state index is -0.693. The van der Waals surface area contributed by atoms with Crippen molar-refractivity contribution in [3.8, 4) is 11.4 Å². The van der Waals surface area contributed by atoms with Gasteiger partial charge in [-0.3, -0.25) is 4.90 Å². The average Bonchev–Trinajstić information content (AvgIpc) is 3.36. The number of fused-ring (bicyclic) bond motifs is 1. The van der Waals surface area contributed by atoms with Crippen molar-refractivity contribution >= 4 is 28.9 Å². The van der Waals surface area contributed by atoms with Gasteiger partial charge >= 0.3 is 5.97 Å². The maximum atomic E-state index is 11.6. The number of rotatable bonds is 8. The van der Waals surface area contributed by atoms with Crippen molar-refractivity contribution in [2.24, 2.45) is 12.9 Å². The van der Waals surface area contributed by atoms with Gasteiger partial charge in [-0.1, -0.05) is 30.7 Å². The zero-order chi connectivity index (χ0) is 29.1. The van der Waals surface area contributed by atoms with E-state index in [1.54, 1.807) is 0 Å². The highest BCUT2D eigenvalue weighted by atomic mass is 16.7. The Bertz CT molecular complexity index is 1530. The number of hydrogen-bond donors (Lipinski definition) is 1. The summed E-state index contributed by atoms with van der Waals surface area (Å²) in [6, 6.07) is 8.62. The first kappa shape index (κ1) is 27.9. The van der Waals surface area contributed by atoms with Gasteiger partial charge in [0.2, 0.25) is 5.95 Å². The Labute approximate surface area is 244 Å². The van der Waals surface area contributed by atoms with E-state index in [4.69, 9.17) is 25.6 Å². The van der Waals surface area contributed by atoms with Gasteiger partial charge in [-0.25, -0.2) is 29.7 Å². The molecule has 2 aliphatic heterocycles. The van der Waals surface area contributed by atoms with Gasteiger partial charge in [0.15, 0.2) is 22.8 Å². The van der Waals surface area contributed by atoms with Crippen LogP contribution in [0.3, 0.4) is 0 Å². The number of ether oxygens (including phenoxy) is 1. The zero-order valence-corrected chi connectivity index (χ0v) is 24.1. The molecule has 6 rings (SSSR count). The standard InChI is InChI=1S/C29H36N10O3/c1-36(29-31-16-22(17-32-29)28(40)42-30)19-23-33-24-26(37(23)2)34-25(35-27(24)39-12-14-41-15-13-39)21-8-6-20(7-9-21)18-38-10-4-3-5-11-38/h6-9,16-17H,3-5,10-15,18-19,30H2,1-2H3. The average molecular weight is 573 g/mol. The monoisotopic (exact) mass is 572 g/mol. The van der Waals surface area contributed by atoms with E-state index in [2.05, 4.69) is 48.9 Å². The molecule has 0 atom stereocenters. The van der Waals surface area contributed by atoms with Crippen molar-refractivity contribution in [2.75, 3.05) is 56.2 Å². The van der Waals surface area contributed by atoms with E-state index in [0.717, 1.165) is 48.0 Å². The third-order valence-corrected chi connectivity index (χ3v) is 7.87. The maximum Gasteiger partial charge on any atom is 0.359 e. The number of hydrogen-bond acceptors (Lipinski definition) is 12. The van der Waals surface area contributed by atoms with Gasteiger partial charge in [0, 0.05) is 51.7 Å². The molecule has 0 saturated carbocycles. The molecular formula is C29H36N10O3. The van der Waals surface area contributed by atoms with Gasteiger partial charge in [-0.2, -0.15) is 5.90 Å². The van der Waals surface area contributed by atoms with Crippen LogP contribution in [0.25, 0.3) is 22.6 Å². The number of piperidine rings is 1. The van der Waals surface area contributed by atoms with Crippen LogP contribution in [-0.4, -0.2) is 86.8 Å². The van der Waals surface area contributed by atoms with Crippen molar-refractivity contribution in [1.29, 1.82) is 0 Å². The predicted molar refractivity (Wildman–Crippen MR) is 158 cm³/mol. The van der Waals surface area contributed by atoms with Crippen molar-refractivity contribution in [2.45, 2.75) is 32.4 Å². The van der Waals surface area contributed by atoms with Crippen LogP contribution < -0.4 is 15.7 Å². The van der Waals surface area contributed by atoms with Crippen LogP contribution >= 0.6 is 0 Å². The number of imidazole rings is 1. The van der Waals surface area contributed by atoms with E-state index in [-0.39, 0.29) is 5.56 Å². The molecule has 2 fully saturated rings. The normalized spacial score (nSPS) is 16.1. The van der Waals surface area contributed by atoms with Crippen LogP contribution in [0.2, 0.25) is 0 Å². The summed E-state index contributed by atoms with van der Waals surface area (Å²) in [5.41, 5.74) is 3.95. The molecule has 0 unspecified atom stereocenters. The number of nitrogens with two attached hydrogens (primary N) is 1. The largest absolute Gasteiger partial charge is 0.378 e. The Morgan fingerprint density at radius 2 is 1.71 bits per heavy atom. The van der Waals surface area contributed by atoms with Gasteiger partial charge in [-0.15, -0.1) is 0 Å². The fraction of sp³-hybridized carbons (Fsp3) is 0.448. The number of nitrogens with zero attached hydrogens (tertiary/aromatic N) is 9. The molecule has 0 radical (unpaired) electrons. The highest BCUT2D eigenvalue weighted by molar-refractivity contribution is 5.88. The molecular weight excluding hydrogens is 536 g/mol. The zero-order valence-electron chi connectivity index (χ0n) is 24.1. The molecule has 2 saturated heterocycles. The van der Waals surface area contributed by atoms with E-state index in [9.17, 15) is 4.79 Å². The second-order valence-corrected chi connectivity index (χ2v) is 10.8. The molecule has 2 N–H and O–H groups in total. The van der Waals surface area contributed by atoms with Gasteiger partial charge in [0.05, 0.1) is 25.3 Å². The van der Waals surface area contributed by atoms with Gasteiger partial charge in [0.1, 0.15) is 5.82 Å². The number of aromatic nitrogens is 6. The fourth-order valence-electron chi connectivity index (χ4n) is 5.47. The number of benzene rings is 1. The summed E-state index contributed by atoms with van der Waals surface area (Å²) in [6.45, 7) is 6.47. The fourth-order valence-corrected chi connectivity index (χ4v) is 5.47. The molecule has 5 heterocycles. The van der Waals surface area contributed by atoms with Crippen LogP contribution in [0.15, 0.2) is 36.7 Å². The number of anilines is 2. The smallest absolute Gasteiger partial charge is 0.359 e. The minimum absolute atomic E-state index is 0.176. The molecule has 0 aliphatic carbocycles. The number of carbonyl (C=O) groups is 1. The lowest BCUT2D eigenvalue weighted by molar-refractivity contribution is 0.0502. The van der Waals surface area contributed by atoms with Crippen molar-refractivity contribution in [3.05, 3.63) is 53.6 Å². The molecule has 42 heavy (non-hydrogen) atoms. The topological polar surface area (TPSA) is 141 Å². The molecule has 2 aliphatic rings. The minimum Gasteiger partial charge on any atom is -0.378 e. The first-order valence-electron chi connectivity index (χ1n) is 14.3. The number of morpholine rings is 1. The molecule has 13 nitrogen and oxygen atoms in total. The second kappa shape index (κ2) is 12.3. The summed E-state index contributed by atoms with van der Waals surface area (Å²) in [7, 11) is 3.82. The molecule has 220 valence electrons. The summed E-state index contributed by atoms with van der Waals surface area (Å²) < 4.78 is 7.61. The maximum absolute atomic E-state index is 11.6. The summed E-state index contributed by atoms with van der Waals surface area (Å²) in [5.74, 6) is 6.95. The van der Waals surface area contributed by atoms with E-state index < -0.39 is 5.97 Å². The van der Waals surface area contributed by atoms with Gasteiger partial charge in [0.25, 0.3) is 0 Å². The molecule has 0 spiro atoms. The highest BCUT2D eigenvalue weighted by Crippen LogP contribution is 2.29. The lowest BCUT2D eigenvalue weighted by atomic mass is 10.1. The first-order chi connectivity index (χ1) is 20.5. The van der Waals surface area contributed by atoms with Gasteiger partial charge in [-0.05, 0) is 31.5 Å². The lowest BCUT2D eigenvalue weighted by Gasteiger charge is -2.28. The second-order valence-electron chi connectivity index (χ2n) is 10.8. The van der Waals surface area contributed by atoms with E-state index in [0.29, 0.717) is 31.5 Å². The van der Waals surface area contributed by atoms with Crippen LogP contribution in [-0.2, 0) is 29.7 Å². The van der Waals surface area contributed by atoms with Crippen LogP contribution in [0.4, 0.5) is 11.8 Å². The molecule has 0 amide bonds. The van der Waals surface area contributed by atoms with Gasteiger partial charge < -0.3 is 23.9 Å². The summed E-state index contributed by atoms with van der Waals surface area (Å²) in [6.07, 6.45) is 6.66.